The maximum Gasteiger partial charge on any atom is 0.330 e. The van der Waals surface area contributed by atoms with Gasteiger partial charge < -0.3 is 14.4 Å². The molecule has 0 saturated heterocycles. The quantitative estimate of drug-likeness (QED) is 0.153. The van der Waals surface area contributed by atoms with Crippen LogP contribution in [0.1, 0.15) is 45.1 Å². The second-order valence-electron chi connectivity index (χ2n) is 9.30. The van der Waals surface area contributed by atoms with Gasteiger partial charge in [0.15, 0.2) is 0 Å². The van der Waals surface area contributed by atoms with Gasteiger partial charge in [0.25, 0.3) is 0 Å². The van der Waals surface area contributed by atoms with Gasteiger partial charge in [-0.05, 0) is 74.6 Å². The van der Waals surface area contributed by atoms with E-state index in [1.165, 1.54) is 5.56 Å². The zero-order chi connectivity index (χ0) is 26.0. The molecule has 3 rings (SSSR count). The SMILES string of the molecule is C=CC(=O)OCCOC(=O)C(C)(C)CC(CC)c1ccc(N(c2ccccc2)c2ccccc2)cc1. The third kappa shape index (κ3) is 7.08. The first kappa shape index (κ1) is 26.7. The number of para-hydroxylation sites is 2. The summed E-state index contributed by atoms with van der Waals surface area (Å²) in [5, 5.41) is 0. The molecule has 1 atom stereocenters. The van der Waals surface area contributed by atoms with E-state index in [9.17, 15) is 9.59 Å². The Balaban J connectivity index is 1.72. The minimum atomic E-state index is -0.679. The molecule has 0 heterocycles. The third-order valence-electron chi connectivity index (χ3n) is 6.18. The van der Waals surface area contributed by atoms with Crippen molar-refractivity contribution in [3.8, 4) is 0 Å². The predicted molar refractivity (Wildman–Crippen MR) is 145 cm³/mol. The zero-order valence-electron chi connectivity index (χ0n) is 21.4. The van der Waals surface area contributed by atoms with Crippen LogP contribution in [0.4, 0.5) is 17.1 Å². The molecule has 0 aliphatic heterocycles. The number of esters is 2. The number of hydrogen-bond donors (Lipinski definition) is 0. The van der Waals surface area contributed by atoms with Crippen LogP contribution >= 0.6 is 0 Å². The highest BCUT2D eigenvalue weighted by molar-refractivity contribution is 5.81. The Morgan fingerprint density at radius 2 is 1.33 bits per heavy atom. The molecule has 36 heavy (non-hydrogen) atoms. The Morgan fingerprint density at radius 1 is 0.833 bits per heavy atom. The topological polar surface area (TPSA) is 55.8 Å². The van der Waals surface area contributed by atoms with Gasteiger partial charge >= 0.3 is 11.9 Å². The standard InChI is InChI=1S/C31H35NO4/c1-5-24(23-31(3,4)30(34)36-22-21-35-29(33)6-2)25-17-19-28(20-18-25)32(26-13-9-7-10-14-26)27-15-11-8-12-16-27/h6-20,24H,2,5,21-23H2,1,3-4H3. The molecule has 0 saturated carbocycles. The fraction of sp³-hybridized carbons (Fsp3) is 0.290. The monoisotopic (exact) mass is 485 g/mol. The summed E-state index contributed by atoms with van der Waals surface area (Å²) in [4.78, 5) is 26.1. The average Bonchev–Trinajstić information content (AvgIpc) is 2.91. The summed E-state index contributed by atoms with van der Waals surface area (Å²) in [5.74, 6) is -0.633. The molecule has 0 amide bonds. The summed E-state index contributed by atoms with van der Waals surface area (Å²) >= 11 is 0. The summed E-state index contributed by atoms with van der Waals surface area (Å²) in [6, 6.07) is 29.2. The molecular formula is C31H35NO4. The molecule has 0 radical (unpaired) electrons. The van der Waals surface area contributed by atoms with Crippen LogP contribution in [-0.2, 0) is 19.1 Å². The molecule has 0 bridgehead atoms. The lowest BCUT2D eigenvalue weighted by Crippen LogP contribution is -2.30. The first-order valence-corrected chi connectivity index (χ1v) is 12.3. The van der Waals surface area contributed by atoms with E-state index in [0.717, 1.165) is 29.6 Å². The van der Waals surface area contributed by atoms with Crippen molar-refractivity contribution in [2.45, 2.75) is 39.5 Å². The Labute approximate surface area is 214 Å². The summed E-state index contributed by atoms with van der Waals surface area (Å²) in [6.45, 7) is 9.32. The van der Waals surface area contributed by atoms with Gasteiger partial charge in [0.2, 0.25) is 0 Å². The summed E-state index contributed by atoms with van der Waals surface area (Å²) in [7, 11) is 0. The normalized spacial score (nSPS) is 11.9. The molecule has 5 heteroatoms. The van der Waals surface area contributed by atoms with Crippen LogP contribution in [0.15, 0.2) is 97.6 Å². The lowest BCUT2D eigenvalue weighted by atomic mass is 9.79. The molecule has 3 aromatic carbocycles. The highest BCUT2D eigenvalue weighted by Crippen LogP contribution is 2.38. The van der Waals surface area contributed by atoms with Crippen LogP contribution in [0.5, 0.6) is 0 Å². The Morgan fingerprint density at radius 3 is 1.83 bits per heavy atom. The van der Waals surface area contributed by atoms with Gasteiger partial charge in [-0.1, -0.05) is 62.0 Å². The van der Waals surface area contributed by atoms with Crippen LogP contribution in [0.3, 0.4) is 0 Å². The van der Waals surface area contributed by atoms with Crippen LogP contribution in [0.2, 0.25) is 0 Å². The van der Waals surface area contributed by atoms with E-state index in [0.29, 0.717) is 6.42 Å². The zero-order valence-corrected chi connectivity index (χ0v) is 21.4. The van der Waals surface area contributed by atoms with Crippen molar-refractivity contribution < 1.29 is 19.1 Å². The van der Waals surface area contributed by atoms with Gasteiger partial charge in [0.1, 0.15) is 13.2 Å². The van der Waals surface area contributed by atoms with Crippen molar-refractivity contribution in [2.75, 3.05) is 18.1 Å². The second-order valence-corrected chi connectivity index (χ2v) is 9.30. The molecule has 0 aliphatic rings. The van der Waals surface area contributed by atoms with Gasteiger partial charge in [0.05, 0.1) is 5.41 Å². The lowest BCUT2D eigenvalue weighted by Gasteiger charge is -2.29. The van der Waals surface area contributed by atoms with E-state index >= 15 is 0 Å². The summed E-state index contributed by atoms with van der Waals surface area (Å²) < 4.78 is 10.3. The number of anilines is 3. The van der Waals surface area contributed by atoms with Crippen molar-refractivity contribution in [3.05, 3.63) is 103 Å². The van der Waals surface area contributed by atoms with Crippen LogP contribution in [0, 0.1) is 5.41 Å². The van der Waals surface area contributed by atoms with Crippen LogP contribution < -0.4 is 4.90 Å². The van der Waals surface area contributed by atoms with Gasteiger partial charge in [-0.25, -0.2) is 4.79 Å². The molecule has 0 aromatic heterocycles. The predicted octanol–water partition coefficient (Wildman–Crippen LogP) is 7.34. The summed E-state index contributed by atoms with van der Waals surface area (Å²) in [6.07, 6.45) is 2.63. The van der Waals surface area contributed by atoms with E-state index < -0.39 is 11.4 Å². The minimum Gasteiger partial charge on any atom is -0.462 e. The average molecular weight is 486 g/mol. The van der Waals surface area contributed by atoms with Crippen molar-refractivity contribution in [2.24, 2.45) is 5.41 Å². The first-order chi connectivity index (χ1) is 17.4. The van der Waals surface area contributed by atoms with Crippen molar-refractivity contribution in [1.29, 1.82) is 0 Å². The fourth-order valence-electron chi connectivity index (χ4n) is 4.23. The minimum absolute atomic E-state index is 0.0185. The first-order valence-electron chi connectivity index (χ1n) is 12.3. The maximum atomic E-state index is 12.7. The smallest absolute Gasteiger partial charge is 0.330 e. The molecule has 188 valence electrons. The van der Waals surface area contributed by atoms with Gasteiger partial charge in [0, 0.05) is 23.1 Å². The van der Waals surface area contributed by atoms with E-state index in [4.69, 9.17) is 9.47 Å². The number of benzene rings is 3. The Bertz CT molecular complexity index is 1080. The van der Waals surface area contributed by atoms with E-state index in [2.05, 4.69) is 66.9 Å². The number of ether oxygens (including phenoxy) is 2. The summed E-state index contributed by atoms with van der Waals surface area (Å²) in [5.41, 5.74) is 3.75. The molecule has 0 fully saturated rings. The fourth-order valence-corrected chi connectivity index (χ4v) is 4.23. The van der Waals surface area contributed by atoms with Gasteiger partial charge in [-0.3, -0.25) is 4.79 Å². The number of carbonyl (C=O) groups is 2. The number of carbonyl (C=O) groups excluding carboxylic acids is 2. The van der Waals surface area contributed by atoms with Crippen LogP contribution in [-0.4, -0.2) is 25.2 Å². The molecule has 0 spiro atoms. The molecule has 1 unspecified atom stereocenters. The van der Waals surface area contributed by atoms with Crippen molar-refractivity contribution in [1.82, 2.24) is 0 Å². The number of hydrogen-bond acceptors (Lipinski definition) is 5. The number of rotatable bonds is 12. The van der Waals surface area contributed by atoms with E-state index in [-0.39, 0.29) is 25.1 Å². The number of nitrogens with zero attached hydrogens (tertiary/aromatic N) is 1. The van der Waals surface area contributed by atoms with E-state index in [1.807, 2.05) is 50.2 Å². The maximum absolute atomic E-state index is 12.7. The van der Waals surface area contributed by atoms with Crippen LogP contribution in [0.25, 0.3) is 0 Å². The Hall–Kier alpha value is -3.86. The second kappa shape index (κ2) is 12.7. The van der Waals surface area contributed by atoms with Gasteiger partial charge in [-0.15, -0.1) is 0 Å². The molecule has 0 aliphatic carbocycles. The lowest BCUT2D eigenvalue weighted by molar-refractivity contribution is -0.158. The highest BCUT2D eigenvalue weighted by Gasteiger charge is 2.32. The van der Waals surface area contributed by atoms with Crippen molar-refractivity contribution in [3.63, 3.8) is 0 Å². The highest BCUT2D eigenvalue weighted by atomic mass is 16.6. The molecular weight excluding hydrogens is 450 g/mol. The molecule has 3 aromatic rings. The van der Waals surface area contributed by atoms with Gasteiger partial charge in [-0.2, -0.15) is 0 Å². The molecule has 5 nitrogen and oxygen atoms in total. The largest absolute Gasteiger partial charge is 0.462 e. The third-order valence-corrected chi connectivity index (χ3v) is 6.18. The Kier molecular flexibility index (Phi) is 9.46. The van der Waals surface area contributed by atoms with Crippen molar-refractivity contribution >= 4 is 29.0 Å². The molecule has 0 N–H and O–H groups in total. The van der Waals surface area contributed by atoms with E-state index in [1.54, 1.807) is 0 Å².